The minimum absolute atomic E-state index is 0.105. The Morgan fingerprint density at radius 2 is 1.89 bits per heavy atom. The molecule has 0 spiro atoms. The molecule has 1 saturated heterocycles. The van der Waals surface area contributed by atoms with Gasteiger partial charge in [0.1, 0.15) is 5.75 Å². The number of halogens is 1. The summed E-state index contributed by atoms with van der Waals surface area (Å²) in [6.07, 6.45) is 6.26. The van der Waals surface area contributed by atoms with Gasteiger partial charge in [-0.15, -0.1) is 0 Å². The predicted molar refractivity (Wildman–Crippen MR) is 104 cm³/mol. The van der Waals surface area contributed by atoms with Crippen LogP contribution in [0, 0.1) is 0 Å². The van der Waals surface area contributed by atoms with Crippen LogP contribution >= 0.6 is 11.6 Å². The number of nitrogens with zero attached hydrogens (tertiary/aromatic N) is 4. The molecule has 142 valence electrons. The third-order valence-corrected chi connectivity index (χ3v) is 5.63. The number of rotatable bonds is 3. The van der Waals surface area contributed by atoms with Crippen molar-refractivity contribution in [2.45, 2.75) is 37.8 Å². The van der Waals surface area contributed by atoms with E-state index in [0.29, 0.717) is 17.0 Å². The number of likely N-dealkylation sites (tertiary alicyclic amines) is 1. The number of aryl methyl sites for hydroxylation is 1. The van der Waals surface area contributed by atoms with Gasteiger partial charge in [0.05, 0.1) is 17.4 Å². The highest BCUT2D eigenvalue weighted by atomic mass is 35.5. The Hall–Kier alpha value is -2.34. The third-order valence-electron chi connectivity index (χ3n) is 5.44. The van der Waals surface area contributed by atoms with Crippen LogP contribution in [0.4, 0.5) is 5.95 Å². The van der Waals surface area contributed by atoms with Crippen LogP contribution in [-0.2, 0) is 11.2 Å². The summed E-state index contributed by atoms with van der Waals surface area (Å²) < 4.78 is 5.97. The lowest BCUT2D eigenvalue weighted by atomic mass is 9.99. The fourth-order valence-corrected chi connectivity index (χ4v) is 3.92. The number of benzene rings is 1. The van der Waals surface area contributed by atoms with E-state index in [1.807, 2.05) is 30.1 Å². The van der Waals surface area contributed by atoms with Crippen molar-refractivity contribution in [3.63, 3.8) is 0 Å². The molecule has 1 unspecified atom stereocenters. The smallest absolute Gasteiger partial charge is 0.263 e. The van der Waals surface area contributed by atoms with Crippen LogP contribution in [0.1, 0.15) is 24.8 Å². The fraction of sp³-hybridized carbons (Fsp3) is 0.450. The van der Waals surface area contributed by atoms with E-state index in [1.54, 1.807) is 12.4 Å². The minimum Gasteiger partial charge on any atom is -0.480 e. The molecule has 0 N–H and O–H groups in total. The number of hydrogen-bond donors (Lipinski definition) is 0. The zero-order chi connectivity index (χ0) is 18.8. The summed E-state index contributed by atoms with van der Waals surface area (Å²) in [5.41, 5.74) is 1.19. The first-order chi connectivity index (χ1) is 13.1. The van der Waals surface area contributed by atoms with Crippen LogP contribution in [0.5, 0.6) is 5.75 Å². The highest BCUT2D eigenvalue weighted by Crippen LogP contribution is 2.28. The van der Waals surface area contributed by atoms with Gasteiger partial charge in [0.25, 0.3) is 5.91 Å². The van der Waals surface area contributed by atoms with Gasteiger partial charge in [0.15, 0.2) is 6.10 Å². The van der Waals surface area contributed by atoms with Crippen LogP contribution < -0.4 is 9.64 Å². The maximum Gasteiger partial charge on any atom is 0.263 e. The zero-order valence-electron chi connectivity index (χ0n) is 15.3. The van der Waals surface area contributed by atoms with E-state index in [1.165, 1.54) is 5.56 Å². The summed E-state index contributed by atoms with van der Waals surface area (Å²) in [5.74, 6) is 1.61. The molecule has 2 aromatic rings. The SMILES string of the molecule is CN(c1ncc(Cl)cn1)C1CCN(C(=O)C2CCc3ccccc3O2)CC1. The Bertz CT molecular complexity index is 806. The van der Waals surface area contributed by atoms with Crippen molar-refractivity contribution < 1.29 is 9.53 Å². The van der Waals surface area contributed by atoms with Crippen LogP contribution in [0.3, 0.4) is 0 Å². The second-order valence-electron chi connectivity index (χ2n) is 7.12. The lowest BCUT2D eigenvalue weighted by Gasteiger charge is -2.38. The number of carbonyl (C=O) groups is 1. The Balaban J connectivity index is 1.34. The molecule has 0 aliphatic carbocycles. The number of aromatic nitrogens is 2. The molecule has 1 atom stereocenters. The standard InChI is InChI=1S/C20H23ClN4O2/c1-24(20-22-12-15(21)13-23-20)16-8-10-25(11-9-16)19(26)18-7-6-14-4-2-3-5-17(14)27-18/h2-5,12-13,16,18H,6-11H2,1H3. The van der Waals surface area contributed by atoms with E-state index in [2.05, 4.69) is 20.9 Å². The quantitative estimate of drug-likeness (QED) is 0.811. The maximum atomic E-state index is 12.9. The van der Waals surface area contributed by atoms with E-state index in [4.69, 9.17) is 16.3 Å². The van der Waals surface area contributed by atoms with Gasteiger partial charge in [-0.3, -0.25) is 4.79 Å². The second kappa shape index (κ2) is 7.72. The number of hydrogen-bond acceptors (Lipinski definition) is 5. The van der Waals surface area contributed by atoms with Crippen molar-refractivity contribution in [3.05, 3.63) is 47.2 Å². The van der Waals surface area contributed by atoms with Crippen molar-refractivity contribution in [1.29, 1.82) is 0 Å². The van der Waals surface area contributed by atoms with Crippen molar-refractivity contribution in [2.75, 3.05) is 25.0 Å². The first kappa shape index (κ1) is 18.0. The normalized spacial score (nSPS) is 19.9. The molecule has 0 bridgehead atoms. The Morgan fingerprint density at radius 1 is 1.19 bits per heavy atom. The molecule has 7 heteroatoms. The number of piperidine rings is 1. The van der Waals surface area contributed by atoms with Crippen molar-refractivity contribution in [3.8, 4) is 5.75 Å². The van der Waals surface area contributed by atoms with E-state index in [9.17, 15) is 4.79 Å². The number of amides is 1. The molecule has 1 fully saturated rings. The summed E-state index contributed by atoms with van der Waals surface area (Å²) in [6.45, 7) is 1.45. The van der Waals surface area contributed by atoms with Crippen LogP contribution in [0.25, 0.3) is 0 Å². The van der Waals surface area contributed by atoms with E-state index < -0.39 is 0 Å². The Kier molecular flexibility index (Phi) is 5.16. The summed E-state index contributed by atoms with van der Waals surface area (Å²) in [4.78, 5) is 25.5. The van der Waals surface area contributed by atoms with Gasteiger partial charge in [-0.25, -0.2) is 9.97 Å². The van der Waals surface area contributed by atoms with Crippen LogP contribution in [0.15, 0.2) is 36.7 Å². The summed E-state index contributed by atoms with van der Waals surface area (Å²) in [5, 5.41) is 0.529. The first-order valence-electron chi connectivity index (χ1n) is 9.35. The summed E-state index contributed by atoms with van der Waals surface area (Å²) >= 11 is 5.86. The molecular weight excluding hydrogens is 364 g/mol. The highest BCUT2D eigenvalue weighted by molar-refractivity contribution is 6.30. The van der Waals surface area contributed by atoms with Gasteiger partial charge in [-0.2, -0.15) is 0 Å². The number of carbonyl (C=O) groups excluding carboxylic acids is 1. The molecular formula is C20H23ClN4O2. The Labute approximate surface area is 164 Å². The molecule has 2 aliphatic heterocycles. The molecule has 1 aromatic heterocycles. The van der Waals surface area contributed by atoms with E-state index in [-0.39, 0.29) is 12.0 Å². The third kappa shape index (κ3) is 3.86. The zero-order valence-corrected chi connectivity index (χ0v) is 16.1. The van der Waals surface area contributed by atoms with Gasteiger partial charge in [-0.05, 0) is 37.3 Å². The van der Waals surface area contributed by atoms with Crippen LogP contribution in [-0.4, -0.2) is 53.1 Å². The van der Waals surface area contributed by atoms with Crippen molar-refractivity contribution >= 4 is 23.5 Å². The molecule has 2 aliphatic rings. The number of fused-ring (bicyclic) bond motifs is 1. The molecule has 1 aromatic carbocycles. The largest absolute Gasteiger partial charge is 0.480 e. The van der Waals surface area contributed by atoms with E-state index >= 15 is 0 Å². The molecule has 3 heterocycles. The fourth-order valence-electron chi connectivity index (χ4n) is 3.83. The Morgan fingerprint density at radius 3 is 2.63 bits per heavy atom. The molecule has 1 amide bonds. The lowest BCUT2D eigenvalue weighted by Crippen LogP contribution is -2.50. The molecule has 0 radical (unpaired) electrons. The molecule has 0 saturated carbocycles. The lowest BCUT2D eigenvalue weighted by molar-refractivity contribution is -0.140. The van der Waals surface area contributed by atoms with Gasteiger partial charge >= 0.3 is 0 Å². The highest BCUT2D eigenvalue weighted by Gasteiger charge is 2.33. The molecule has 4 rings (SSSR count). The topological polar surface area (TPSA) is 58.6 Å². The average molecular weight is 387 g/mol. The van der Waals surface area contributed by atoms with Gasteiger partial charge in [0.2, 0.25) is 5.95 Å². The molecule has 27 heavy (non-hydrogen) atoms. The van der Waals surface area contributed by atoms with Gasteiger partial charge in [0, 0.05) is 26.2 Å². The predicted octanol–water partition coefficient (Wildman–Crippen LogP) is 2.95. The van der Waals surface area contributed by atoms with E-state index in [0.717, 1.165) is 44.5 Å². The van der Waals surface area contributed by atoms with Crippen molar-refractivity contribution in [1.82, 2.24) is 14.9 Å². The maximum absolute atomic E-state index is 12.9. The first-order valence-corrected chi connectivity index (χ1v) is 9.73. The van der Waals surface area contributed by atoms with Crippen molar-refractivity contribution in [2.24, 2.45) is 0 Å². The summed E-state index contributed by atoms with van der Waals surface area (Å²) in [7, 11) is 1.99. The van der Waals surface area contributed by atoms with Crippen LogP contribution in [0.2, 0.25) is 5.02 Å². The van der Waals surface area contributed by atoms with Gasteiger partial charge < -0.3 is 14.5 Å². The second-order valence-corrected chi connectivity index (χ2v) is 7.56. The average Bonchev–Trinajstić information content (AvgIpc) is 2.73. The molecule has 6 nitrogen and oxygen atoms in total. The minimum atomic E-state index is -0.367. The van der Waals surface area contributed by atoms with Gasteiger partial charge in [-0.1, -0.05) is 29.8 Å². The monoisotopic (exact) mass is 386 g/mol. The number of ether oxygens (including phenoxy) is 1. The number of para-hydroxylation sites is 1. The number of anilines is 1. The summed E-state index contributed by atoms with van der Waals surface area (Å²) in [6, 6.07) is 8.28.